The predicted molar refractivity (Wildman–Crippen MR) is 92.0 cm³/mol. The van der Waals surface area contributed by atoms with Gasteiger partial charge in [0.1, 0.15) is 11.5 Å². The zero-order chi connectivity index (χ0) is 15.6. The van der Waals surface area contributed by atoms with Gasteiger partial charge in [-0.05, 0) is 38.2 Å². The van der Waals surface area contributed by atoms with Crippen molar-refractivity contribution < 1.29 is 14.3 Å². The van der Waals surface area contributed by atoms with Crippen molar-refractivity contribution in [1.29, 1.82) is 0 Å². The van der Waals surface area contributed by atoms with Crippen LogP contribution in [0.25, 0.3) is 0 Å². The maximum Gasteiger partial charge on any atom is 0.318 e. The van der Waals surface area contributed by atoms with Gasteiger partial charge in [0.2, 0.25) is 0 Å². The molecule has 1 aromatic carbocycles. The van der Waals surface area contributed by atoms with E-state index >= 15 is 0 Å². The lowest BCUT2D eigenvalue weighted by Crippen LogP contribution is -2.46. The van der Waals surface area contributed by atoms with Crippen molar-refractivity contribution in [2.24, 2.45) is 0 Å². The fourth-order valence-electron chi connectivity index (χ4n) is 3.74. The molecule has 3 rings (SSSR count). The molecule has 0 aromatic heterocycles. The van der Waals surface area contributed by atoms with Crippen LogP contribution in [0.3, 0.4) is 0 Å². The van der Waals surface area contributed by atoms with Crippen LogP contribution in [0.15, 0.2) is 30.3 Å². The van der Waals surface area contributed by atoms with Gasteiger partial charge in [-0.2, -0.15) is 0 Å². The van der Waals surface area contributed by atoms with E-state index in [1.807, 2.05) is 37.3 Å². The number of carbonyl (C=O) groups excluding carboxylic acids is 1. The Morgan fingerprint density at radius 2 is 1.83 bits per heavy atom. The van der Waals surface area contributed by atoms with Gasteiger partial charge in [0, 0.05) is 19.2 Å². The number of methoxy groups -OCH3 is 1. The lowest BCUT2D eigenvalue weighted by Gasteiger charge is -2.33. The van der Waals surface area contributed by atoms with E-state index in [0.717, 1.165) is 18.4 Å². The summed E-state index contributed by atoms with van der Waals surface area (Å²) in [5.41, 5.74) is 0.193. The third kappa shape index (κ3) is 3.87. The summed E-state index contributed by atoms with van der Waals surface area (Å²) in [7, 11) is 1.62. The first-order valence-electron chi connectivity index (χ1n) is 8.13. The molecule has 0 amide bonds. The molecule has 2 saturated heterocycles. The fourth-order valence-corrected chi connectivity index (χ4v) is 3.74. The molecule has 2 bridgehead atoms. The van der Waals surface area contributed by atoms with Gasteiger partial charge in [-0.1, -0.05) is 30.3 Å². The van der Waals surface area contributed by atoms with E-state index < -0.39 is 5.41 Å². The van der Waals surface area contributed by atoms with Crippen LogP contribution in [0, 0.1) is 0 Å². The van der Waals surface area contributed by atoms with Crippen LogP contribution >= 0.6 is 12.4 Å². The maximum absolute atomic E-state index is 12.8. The molecule has 2 fully saturated rings. The van der Waals surface area contributed by atoms with Crippen LogP contribution in [0.1, 0.15) is 38.2 Å². The quantitative estimate of drug-likeness (QED) is 0.838. The van der Waals surface area contributed by atoms with E-state index in [1.165, 1.54) is 12.8 Å². The molecule has 23 heavy (non-hydrogen) atoms. The van der Waals surface area contributed by atoms with E-state index in [-0.39, 0.29) is 24.5 Å². The van der Waals surface area contributed by atoms with Crippen LogP contribution in [-0.4, -0.2) is 37.9 Å². The molecule has 1 aromatic rings. The van der Waals surface area contributed by atoms with Crippen molar-refractivity contribution in [2.45, 2.75) is 56.2 Å². The standard InChI is InChI=1S/C18H25NO3.ClH/c1-18(12-21-2,13-6-4-3-5-7-13)17(20)22-16-10-14-8-9-15(11-16)19-14;/h3-7,14-16,19H,8-12H2,1-2H3;1H/t14-,15+,16+,18?;. The van der Waals surface area contributed by atoms with E-state index in [9.17, 15) is 4.79 Å². The minimum Gasteiger partial charge on any atom is -0.462 e. The number of rotatable bonds is 5. The second kappa shape index (κ2) is 7.65. The topological polar surface area (TPSA) is 47.6 Å². The molecular weight excluding hydrogens is 314 g/mol. The highest BCUT2D eigenvalue weighted by atomic mass is 35.5. The van der Waals surface area contributed by atoms with Crippen LogP contribution in [0.4, 0.5) is 0 Å². The summed E-state index contributed by atoms with van der Waals surface area (Å²) >= 11 is 0. The second-order valence-corrected chi connectivity index (χ2v) is 6.77. The van der Waals surface area contributed by atoms with Gasteiger partial charge >= 0.3 is 5.97 Å². The summed E-state index contributed by atoms with van der Waals surface area (Å²) in [6, 6.07) is 10.8. The zero-order valence-electron chi connectivity index (χ0n) is 13.8. The molecule has 4 nitrogen and oxygen atoms in total. The molecule has 1 unspecified atom stereocenters. The first-order chi connectivity index (χ1) is 10.6. The first-order valence-corrected chi connectivity index (χ1v) is 8.13. The van der Waals surface area contributed by atoms with Gasteiger partial charge < -0.3 is 14.8 Å². The van der Waals surface area contributed by atoms with Crippen molar-refractivity contribution in [2.75, 3.05) is 13.7 Å². The lowest BCUT2D eigenvalue weighted by molar-refractivity contribution is -0.159. The van der Waals surface area contributed by atoms with Crippen LogP contribution in [0.5, 0.6) is 0 Å². The van der Waals surface area contributed by atoms with E-state index in [1.54, 1.807) is 7.11 Å². The molecule has 128 valence electrons. The Labute approximate surface area is 144 Å². The summed E-state index contributed by atoms with van der Waals surface area (Å²) in [5, 5.41) is 3.57. The Bertz CT molecular complexity index is 512. The monoisotopic (exact) mass is 339 g/mol. The highest BCUT2D eigenvalue weighted by Crippen LogP contribution is 2.32. The van der Waals surface area contributed by atoms with E-state index in [2.05, 4.69) is 5.32 Å². The Morgan fingerprint density at radius 1 is 1.22 bits per heavy atom. The Kier molecular flexibility index (Phi) is 6.06. The molecule has 0 spiro atoms. The highest BCUT2D eigenvalue weighted by molar-refractivity contribution is 5.85. The Balaban J connectivity index is 0.00000192. The van der Waals surface area contributed by atoms with Crippen molar-refractivity contribution in [1.82, 2.24) is 5.32 Å². The number of carbonyl (C=O) groups is 1. The van der Waals surface area contributed by atoms with Gasteiger partial charge in [-0.15, -0.1) is 12.4 Å². The number of ether oxygens (including phenoxy) is 2. The smallest absolute Gasteiger partial charge is 0.318 e. The summed E-state index contributed by atoms with van der Waals surface area (Å²) in [6.07, 6.45) is 4.30. The molecule has 4 atom stereocenters. The van der Waals surface area contributed by atoms with E-state index in [0.29, 0.717) is 18.7 Å². The summed E-state index contributed by atoms with van der Waals surface area (Å²) < 4.78 is 11.2. The molecule has 0 saturated carbocycles. The lowest BCUT2D eigenvalue weighted by atomic mass is 9.83. The highest BCUT2D eigenvalue weighted by Gasteiger charge is 2.41. The van der Waals surface area contributed by atoms with Crippen LogP contribution in [0.2, 0.25) is 0 Å². The Hall–Kier alpha value is -1.10. The molecule has 2 aliphatic heterocycles. The van der Waals surface area contributed by atoms with Crippen molar-refractivity contribution >= 4 is 18.4 Å². The number of piperidine rings is 1. The third-order valence-corrected chi connectivity index (χ3v) is 5.00. The largest absolute Gasteiger partial charge is 0.462 e. The van der Waals surface area contributed by atoms with Crippen molar-refractivity contribution in [3.05, 3.63) is 35.9 Å². The average molecular weight is 340 g/mol. The Morgan fingerprint density at radius 3 is 2.39 bits per heavy atom. The van der Waals surface area contributed by atoms with Gasteiger partial charge in [-0.3, -0.25) is 4.79 Å². The van der Waals surface area contributed by atoms with Gasteiger partial charge in [-0.25, -0.2) is 0 Å². The summed E-state index contributed by atoms with van der Waals surface area (Å²) in [5.74, 6) is -0.174. The van der Waals surface area contributed by atoms with E-state index in [4.69, 9.17) is 9.47 Å². The average Bonchev–Trinajstić information content (AvgIpc) is 2.87. The van der Waals surface area contributed by atoms with Crippen molar-refractivity contribution in [3.8, 4) is 0 Å². The molecule has 2 heterocycles. The SMILES string of the molecule is COCC(C)(C(=O)O[C@H]1C[C@H]2CC[C@@H](C1)N2)c1ccccc1.Cl. The third-order valence-electron chi connectivity index (χ3n) is 5.00. The number of benzene rings is 1. The number of halogens is 1. The molecule has 0 aliphatic carbocycles. The van der Waals surface area contributed by atoms with Crippen molar-refractivity contribution in [3.63, 3.8) is 0 Å². The van der Waals surface area contributed by atoms with Gasteiger partial charge in [0.25, 0.3) is 0 Å². The fraction of sp³-hybridized carbons (Fsp3) is 0.611. The number of fused-ring (bicyclic) bond motifs is 2. The second-order valence-electron chi connectivity index (χ2n) is 6.77. The molecule has 0 radical (unpaired) electrons. The number of hydrogen-bond acceptors (Lipinski definition) is 4. The molecule has 2 aliphatic rings. The van der Waals surface area contributed by atoms with Gasteiger partial charge in [0.05, 0.1) is 6.61 Å². The normalized spacial score (nSPS) is 28.5. The zero-order valence-corrected chi connectivity index (χ0v) is 14.6. The minimum atomic E-state index is -0.750. The summed E-state index contributed by atoms with van der Waals surface area (Å²) in [6.45, 7) is 2.23. The number of nitrogens with one attached hydrogen (secondary N) is 1. The van der Waals surface area contributed by atoms with Crippen LogP contribution in [-0.2, 0) is 19.7 Å². The summed E-state index contributed by atoms with van der Waals surface area (Å²) in [4.78, 5) is 12.8. The first kappa shape index (κ1) is 18.2. The van der Waals surface area contributed by atoms with Crippen LogP contribution < -0.4 is 5.32 Å². The number of hydrogen-bond donors (Lipinski definition) is 1. The molecule has 5 heteroatoms. The minimum absolute atomic E-state index is 0. The molecule has 1 N–H and O–H groups in total. The maximum atomic E-state index is 12.8. The predicted octanol–water partition coefficient (Wildman–Crippen LogP) is 2.84. The number of esters is 1. The van der Waals surface area contributed by atoms with Gasteiger partial charge in [0.15, 0.2) is 0 Å². The molecular formula is C18H26ClNO3.